The van der Waals surface area contributed by atoms with Gasteiger partial charge in [-0.25, -0.2) is 0 Å². The van der Waals surface area contributed by atoms with E-state index in [0.717, 1.165) is 6.20 Å². The summed E-state index contributed by atoms with van der Waals surface area (Å²) in [5.74, 6) is 0.0855. The van der Waals surface area contributed by atoms with Gasteiger partial charge in [0.15, 0.2) is 5.82 Å². The Balaban J connectivity index is 2.89. The minimum atomic E-state index is -4.48. The summed E-state index contributed by atoms with van der Waals surface area (Å²) in [7, 11) is 1.46. The fraction of sp³-hybridized carbons (Fsp3) is 0.500. The van der Waals surface area contributed by atoms with Gasteiger partial charge in [0.25, 0.3) is 0 Å². The standard InChI is InChI=1S/C4H5F3N4/c1-8-3-2-11(10-9-3)4(5,6)7/h2,8H,1H3. The number of rotatable bonds is 1. The molecule has 4 nitrogen and oxygen atoms in total. The normalized spacial score (nSPS) is 11.6. The van der Waals surface area contributed by atoms with Crippen LogP contribution in [0.5, 0.6) is 0 Å². The third-order valence-electron chi connectivity index (χ3n) is 1.01. The molecule has 7 heteroatoms. The lowest BCUT2D eigenvalue weighted by Gasteiger charge is -2.01. The summed E-state index contributed by atoms with van der Waals surface area (Å²) in [4.78, 5) is 0. The minimum absolute atomic E-state index is 0.0855. The van der Waals surface area contributed by atoms with Crippen LogP contribution < -0.4 is 5.32 Å². The molecule has 0 atom stereocenters. The highest BCUT2D eigenvalue weighted by molar-refractivity contribution is 5.27. The van der Waals surface area contributed by atoms with Crippen LogP contribution in [0.3, 0.4) is 0 Å². The van der Waals surface area contributed by atoms with E-state index in [-0.39, 0.29) is 10.5 Å². The van der Waals surface area contributed by atoms with Crippen molar-refractivity contribution >= 4 is 5.82 Å². The van der Waals surface area contributed by atoms with Crippen molar-refractivity contribution in [3.05, 3.63) is 6.20 Å². The fourth-order valence-electron chi connectivity index (χ4n) is 0.502. The predicted molar refractivity (Wildman–Crippen MR) is 30.9 cm³/mol. The number of hydrogen-bond donors (Lipinski definition) is 1. The molecule has 0 saturated heterocycles. The van der Waals surface area contributed by atoms with Crippen molar-refractivity contribution in [2.45, 2.75) is 6.30 Å². The molecule has 62 valence electrons. The summed E-state index contributed by atoms with van der Waals surface area (Å²) in [5, 5.41) is 8.45. The summed E-state index contributed by atoms with van der Waals surface area (Å²) in [5.41, 5.74) is 0. The maximum Gasteiger partial charge on any atom is 0.505 e. The van der Waals surface area contributed by atoms with Crippen LogP contribution in [0, 0.1) is 0 Å². The SMILES string of the molecule is CNc1cn(C(F)(F)F)nn1. The predicted octanol–water partition coefficient (Wildman–Crippen LogP) is 0.796. The number of halogens is 3. The van der Waals surface area contributed by atoms with Crippen LogP contribution in [0.15, 0.2) is 6.20 Å². The van der Waals surface area contributed by atoms with Gasteiger partial charge in [0, 0.05) is 7.05 Å². The highest BCUT2D eigenvalue weighted by atomic mass is 19.4. The third-order valence-corrected chi connectivity index (χ3v) is 1.01. The highest BCUT2D eigenvalue weighted by Gasteiger charge is 2.32. The van der Waals surface area contributed by atoms with E-state index in [2.05, 4.69) is 15.6 Å². The zero-order chi connectivity index (χ0) is 8.48. The zero-order valence-electron chi connectivity index (χ0n) is 5.55. The van der Waals surface area contributed by atoms with Gasteiger partial charge in [-0.3, -0.25) is 0 Å². The topological polar surface area (TPSA) is 42.7 Å². The Bertz CT molecular complexity index is 240. The Kier molecular flexibility index (Phi) is 1.71. The second-order valence-electron chi connectivity index (χ2n) is 1.77. The van der Waals surface area contributed by atoms with E-state index >= 15 is 0 Å². The Hall–Kier alpha value is -1.27. The Labute approximate surface area is 60.0 Å². The molecule has 0 aliphatic heterocycles. The van der Waals surface area contributed by atoms with Crippen LogP contribution in [0.25, 0.3) is 0 Å². The van der Waals surface area contributed by atoms with Gasteiger partial charge in [-0.2, -0.15) is 4.68 Å². The zero-order valence-corrected chi connectivity index (χ0v) is 5.55. The first-order valence-electron chi connectivity index (χ1n) is 2.71. The van der Waals surface area contributed by atoms with E-state index < -0.39 is 6.30 Å². The van der Waals surface area contributed by atoms with Crippen molar-refractivity contribution in [3.63, 3.8) is 0 Å². The summed E-state index contributed by atoms with van der Waals surface area (Å²) in [6.07, 6.45) is -3.72. The Morgan fingerprint density at radius 1 is 1.55 bits per heavy atom. The van der Waals surface area contributed by atoms with Gasteiger partial charge in [-0.15, -0.1) is 18.3 Å². The highest BCUT2D eigenvalue weighted by Crippen LogP contribution is 2.20. The van der Waals surface area contributed by atoms with Crippen LogP contribution in [-0.2, 0) is 6.30 Å². The molecular formula is C4H5F3N4. The molecule has 1 rings (SSSR count). The van der Waals surface area contributed by atoms with E-state index in [1.54, 1.807) is 0 Å². The third kappa shape index (κ3) is 1.60. The number of anilines is 1. The fourth-order valence-corrected chi connectivity index (χ4v) is 0.502. The number of aromatic nitrogens is 3. The smallest absolute Gasteiger partial charge is 0.370 e. The van der Waals surface area contributed by atoms with Gasteiger partial charge in [0.1, 0.15) is 0 Å². The minimum Gasteiger partial charge on any atom is -0.370 e. The van der Waals surface area contributed by atoms with Gasteiger partial charge >= 0.3 is 6.30 Å². The first-order valence-corrected chi connectivity index (χ1v) is 2.71. The molecule has 0 radical (unpaired) electrons. The van der Waals surface area contributed by atoms with Crippen molar-refractivity contribution in [1.82, 2.24) is 15.0 Å². The van der Waals surface area contributed by atoms with Crippen LogP contribution >= 0.6 is 0 Å². The van der Waals surface area contributed by atoms with Gasteiger partial charge in [0.05, 0.1) is 6.20 Å². The van der Waals surface area contributed by atoms with Gasteiger partial charge in [-0.05, 0) is 0 Å². The molecule has 11 heavy (non-hydrogen) atoms. The molecule has 0 amide bonds. The summed E-state index contributed by atoms with van der Waals surface area (Å²) in [6.45, 7) is 0. The van der Waals surface area contributed by atoms with Gasteiger partial charge in [-0.1, -0.05) is 5.21 Å². The summed E-state index contributed by atoms with van der Waals surface area (Å²) >= 11 is 0. The molecule has 0 aromatic carbocycles. The molecule has 1 heterocycles. The van der Waals surface area contributed by atoms with Gasteiger partial charge in [0.2, 0.25) is 0 Å². The average molecular weight is 166 g/mol. The molecule has 0 fully saturated rings. The van der Waals surface area contributed by atoms with E-state index in [9.17, 15) is 13.2 Å². The van der Waals surface area contributed by atoms with Crippen molar-refractivity contribution < 1.29 is 13.2 Å². The number of nitrogens with zero attached hydrogens (tertiary/aromatic N) is 3. The van der Waals surface area contributed by atoms with Crippen molar-refractivity contribution in [2.75, 3.05) is 12.4 Å². The summed E-state index contributed by atoms with van der Waals surface area (Å²) in [6, 6.07) is 0. The molecular weight excluding hydrogens is 161 g/mol. The second-order valence-corrected chi connectivity index (χ2v) is 1.77. The lowest BCUT2D eigenvalue weighted by molar-refractivity contribution is -0.213. The lowest BCUT2D eigenvalue weighted by Crippen LogP contribution is -2.17. The van der Waals surface area contributed by atoms with E-state index in [4.69, 9.17) is 0 Å². The molecule has 0 aliphatic carbocycles. The van der Waals surface area contributed by atoms with Crippen LogP contribution in [0.4, 0.5) is 19.0 Å². The molecule has 0 bridgehead atoms. The first-order chi connectivity index (χ1) is 5.04. The Morgan fingerprint density at radius 3 is 2.45 bits per heavy atom. The number of nitrogens with one attached hydrogen (secondary N) is 1. The molecule has 1 aromatic heterocycles. The Morgan fingerprint density at radius 2 is 2.18 bits per heavy atom. The molecule has 0 unspecified atom stereocenters. The van der Waals surface area contributed by atoms with Gasteiger partial charge < -0.3 is 5.32 Å². The monoisotopic (exact) mass is 166 g/mol. The molecule has 1 aromatic rings. The second kappa shape index (κ2) is 2.40. The van der Waals surface area contributed by atoms with Crippen LogP contribution in [-0.4, -0.2) is 22.0 Å². The maximum absolute atomic E-state index is 11.8. The molecule has 0 saturated carbocycles. The van der Waals surface area contributed by atoms with E-state index in [1.807, 2.05) is 0 Å². The first kappa shape index (κ1) is 7.83. The molecule has 0 spiro atoms. The number of hydrogen-bond acceptors (Lipinski definition) is 3. The maximum atomic E-state index is 11.8. The average Bonchev–Trinajstić information content (AvgIpc) is 2.32. The lowest BCUT2D eigenvalue weighted by atomic mass is 10.7. The van der Waals surface area contributed by atoms with Crippen molar-refractivity contribution in [3.8, 4) is 0 Å². The molecule has 1 N–H and O–H groups in total. The quantitative estimate of drug-likeness (QED) is 0.670. The van der Waals surface area contributed by atoms with Crippen LogP contribution in [0.2, 0.25) is 0 Å². The van der Waals surface area contributed by atoms with Crippen molar-refractivity contribution in [1.29, 1.82) is 0 Å². The van der Waals surface area contributed by atoms with E-state index in [0.29, 0.717) is 0 Å². The molecule has 0 aliphatic rings. The van der Waals surface area contributed by atoms with Crippen molar-refractivity contribution in [2.24, 2.45) is 0 Å². The largest absolute Gasteiger partial charge is 0.505 e. The van der Waals surface area contributed by atoms with Crippen LogP contribution in [0.1, 0.15) is 0 Å². The van der Waals surface area contributed by atoms with E-state index in [1.165, 1.54) is 7.05 Å². The summed E-state index contributed by atoms with van der Waals surface area (Å²) < 4.78 is 35.1. The number of alkyl halides is 3.